The molecule has 0 spiro atoms. The maximum atomic E-state index is 6.43. The Labute approximate surface area is 685 Å². The number of rotatable bonds is 10. The Morgan fingerprint density at radius 3 is 1.04 bits per heavy atom. The first-order valence-corrected chi connectivity index (χ1v) is 40.9. The maximum Gasteiger partial charge on any atom is 0.494 e. The molecule has 1 aliphatic heterocycles. The van der Waals surface area contributed by atoms with Gasteiger partial charge in [0.15, 0.2) is 0 Å². The Balaban J connectivity index is 0.000000137. The summed E-state index contributed by atoms with van der Waals surface area (Å²) in [7, 11) is -0.414. The van der Waals surface area contributed by atoms with Crippen molar-refractivity contribution in [3.63, 3.8) is 0 Å². The summed E-state index contributed by atoms with van der Waals surface area (Å²) in [5.41, 5.74) is 29.0. The zero-order valence-electron chi connectivity index (χ0n) is 62.4. The smallest absolute Gasteiger partial charge is 0.399 e. The van der Waals surface area contributed by atoms with Crippen LogP contribution in [0.4, 0.5) is 0 Å². The number of hydrogen-bond acceptors (Lipinski definition) is 2. The van der Waals surface area contributed by atoms with Crippen molar-refractivity contribution in [2.45, 2.75) is 49.7 Å². The molecule has 4 nitrogen and oxygen atoms in total. The van der Waals surface area contributed by atoms with Crippen LogP contribution in [0.3, 0.4) is 0 Å². The molecule has 0 radical (unpaired) electrons. The predicted octanol–water partition coefficient (Wildman–Crippen LogP) is 27.4. The SMILES string of the molecule is Brc1cccc(-c2cccc(-c3ccc4c5ccccc5n(-c5ccc6c(c5)-c5ccccc5C6(c5ccccc5)c5ccccc5)c4c3)c2)c1.Brc1cccc(I)c1.CC1(C)OB(c2cccc(-c3ccc4c5ccccc5n(-c5ccc6c(c5)-c5ccccc5C6(c5ccccc5)c5ccccc5)c4c3)c2)OC1(C)C. The summed E-state index contributed by atoms with van der Waals surface area (Å²) >= 11 is 9.28. The molecule has 0 bridgehead atoms. The van der Waals surface area contributed by atoms with Gasteiger partial charge in [0.1, 0.15) is 0 Å². The summed E-state index contributed by atoms with van der Waals surface area (Å²) < 4.78 is 21.3. The van der Waals surface area contributed by atoms with Crippen molar-refractivity contribution in [2.75, 3.05) is 0 Å². The van der Waals surface area contributed by atoms with E-state index in [4.69, 9.17) is 9.31 Å². The molecular weight excluding hydrogens is 1610 g/mol. The summed E-state index contributed by atoms with van der Waals surface area (Å²) in [6, 6.07) is 142. The van der Waals surface area contributed by atoms with E-state index in [2.05, 4.69) is 467 Å². The van der Waals surface area contributed by atoms with E-state index in [1.54, 1.807) is 0 Å². The fraction of sp³-hybridized carbons (Fsp3) is 0.0769. The molecule has 21 rings (SSSR count). The topological polar surface area (TPSA) is 28.3 Å². The molecule has 1 fully saturated rings. The second-order valence-corrected chi connectivity index (χ2v) is 33.5. The van der Waals surface area contributed by atoms with Gasteiger partial charge in [-0.2, -0.15) is 0 Å². The standard InChI is InChI=1S/C49H40BNO2.C49H32BrN.C6H4BrI/c1-47(2)48(3,4)53-50(52-47)37-21-15-16-33(30-37)34-26-28-41-40-23-12-14-25-45(40)51(46(41)31-34)38-27-29-44-42(32-38)39-22-11-13-24-43(39)49(44,35-17-7-5-8-18-35)36-19-9-6-10-20-36;50-39-20-12-15-35(30-39)33-13-11-14-34(29-33)36-25-27-43-42-22-8-10-24-47(42)51(48(43)31-36)40-26-28-46-44(32-40)41-21-7-9-23-45(41)49(46,37-16-3-1-4-17-37)38-18-5-2-6-19-38;7-5-2-1-3-6(8)4-5/h5-32H,1-4H3;1-32H;1-4H. The molecule has 0 atom stereocenters. The maximum absolute atomic E-state index is 6.43. The lowest BCUT2D eigenvalue weighted by Gasteiger charge is -2.33. The highest BCUT2D eigenvalue weighted by molar-refractivity contribution is 14.1. The largest absolute Gasteiger partial charge is 0.494 e. The second-order valence-electron chi connectivity index (χ2n) is 30.4. The van der Waals surface area contributed by atoms with E-state index < -0.39 is 29.2 Å². The molecule has 0 amide bonds. The van der Waals surface area contributed by atoms with E-state index >= 15 is 0 Å². The Morgan fingerprint density at radius 2 is 0.616 bits per heavy atom. The van der Waals surface area contributed by atoms with Crippen molar-refractivity contribution >= 4 is 111 Å². The van der Waals surface area contributed by atoms with Crippen molar-refractivity contribution in [3.05, 3.63) is 445 Å². The third-order valence-electron chi connectivity index (χ3n) is 23.6. The Kier molecular flexibility index (Phi) is 18.3. The van der Waals surface area contributed by atoms with Crippen LogP contribution < -0.4 is 5.46 Å². The average molecular weight is 1680 g/mol. The van der Waals surface area contributed by atoms with Gasteiger partial charge >= 0.3 is 7.12 Å². The van der Waals surface area contributed by atoms with Crippen LogP contribution in [0.5, 0.6) is 0 Å². The van der Waals surface area contributed by atoms with E-state index in [1.807, 2.05) is 12.1 Å². The zero-order chi connectivity index (χ0) is 75.9. The first-order valence-electron chi connectivity index (χ1n) is 38.3. The van der Waals surface area contributed by atoms with Crippen molar-refractivity contribution in [1.82, 2.24) is 9.13 Å². The summed E-state index contributed by atoms with van der Waals surface area (Å²) in [6.07, 6.45) is 0. The van der Waals surface area contributed by atoms with Gasteiger partial charge in [-0.3, -0.25) is 0 Å². The minimum atomic E-state index is -0.427. The lowest BCUT2D eigenvalue weighted by Crippen LogP contribution is -2.41. The third kappa shape index (κ3) is 12.1. The molecule has 16 aromatic carbocycles. The van der Waals surface area contributed by atoms with Crippen LogP contribution in [0.1, 0.15) is 72.2 Å². The highest BCUT2D eigenvalue weighted by Crippen LogP contribution is 2.59. The molecule has 1 saturated heterocycles. The summed E-state index contributed by atoms with van der Waals surface area (Å²) in [5, 5.41) is 4.98. The highest BCUT2D eigenvalue weighted by Gasteiger charge is 2.52. The molecule has 2 aliphatic carbocycles. The van der Waals surface area contributed by atoms with E-state index in [1.165, 1.54) is 136 Å². The monoisotopic (exact) mass is 1680 g/mol. The molecule has 8 heteroatoms. The first kappa shape index (κ1) is 71.1. The summed E-state index contributed by atoms with van der Waals surface area (Å²) in [5.74, 6) is 0. The van der Waals surface area contributed by atoms with E-state index in [0.29, 0.717) is 0 Å². The first-order chi connectivity index (χ1) is 54.7. The van der Waals surface area contributed by atoms with Crippen LogP contribution in [0, 0.1) is 3.57 Å². The van der Waals surface area contributed by atoms with Crippen LogP contribution in [0.25, 0.3) is 111 Å². The number of para-hydroxylation sites is 2. The minimum Gasteiger partial charge on any atom is -0.399 e. The van der Waals surface area contributed by atoms with Gasteiger partial charge in [-0.05, 0) is 241 Å². The van der Waals surface area contributed by atoms with Gasteiger partial charge in [0.05, 0.1) is 44.1 Å². The molecule has 2 aromatic heterocycles. The number of nitrogens with zero attached hydrogens (tertiary/aromatic N) is 2. The van der Waals surface area contributed by atoms with Gasteiger partial charge < -0.3 is 18.4 Å². The van der Waals surface area contributed by atoms with Crippen molar-refractivity contribution in [1.29, 1.82) is 0 Å². The van der Waals surface area contributed by atoms with Crippen molar-refractivity contribution in [3.8, 4) is 67.0 Å². The molecular formula is C104H76BBr2IN2O2. The number of benzene rings is 16. The van der Waals surface area contributed by atoms with Crippen LogP contribution in [-0.4, -0.2) is 27.5 Å². The molecule has 18 aromatic rings. The van der Waals surface area contributed by atoms with Crippen LogP contribution in [-0.2, 0) is 20.1 Å². The highest BCUT2D eigenvalue weighted by atomic mass is 127. The van der Waals surface area contributed by atoms with Crippen molar-refractivity contribution in [2.24, 2.45) is 0 Å². The Hall–Kier alpha value is -11.2. The van der Waals surface area contributed by atoms with Crippen LogP contribution in [0.15, 0.2) is 397 Å². The van der Waals surface area contributed by atoms with E-state index in [0.717, 1.165) is 36.9 Å². The summed E-state index contributed by atoms with van der Waals surface area (Å²) in [6.45, 7) is 8.41. The molecule has 0 N–H and O–H groups in total. The van der Waals surface area contributed by atoms with E-state index in [-0.39, 0.29) is 0 Å². The molecule has 3 heterocycles. The number of aromatic nitrogens is 2. The molecule has 538 valence electrons. The second kappa shape index (κ2) is 28.8. The molecule has 112 heavy (non-hydrogen) atoms. The zero-order valence-corrected chi connectivity index (χ0v) is 67.7. The van der Waals surface area contributed by atoms with Gasteiger partial charge in [0.25, 0.3) is 0 Å². The fourth-order valence-corrected chi connectivity index (χ4v) is 19.6. The molecule has 3 aliphatic rings. The number of hydrogen-bond donors (Lipinski definition) is 0. The van der Waals surface area contributed by atoms with Crippen molar-refractivity contribution < 1.29 is 9.31 Å². The fourth-order valence-electron chi connectivity index (χ4n) is 17.9. The summed E-state index contributed by atoms with van der Waals surface area (Å²) in [4.78, 5) is 0. The van der Waals surface area contributed by atoms with Gasteiger partial charge in [-0.15, -0.1) is 0 Å². The Morgan fingerprint density at radius 1 is 0.268 bits per heavy atom. The Bertz CT molecular complexity index is 6540. The predicted molar refractivity (Wildman–Crippen MR) is 483 cm³/mol. The van der Waals surface area contributed by atoms with Gasteiger partial charge in [-0.1, -0.05) is 335 Å². The third-order valence-corrected chi connectivity index (χ3v) is 25.3. The van der Waals surface area contributed by atoms with Gasteiger partial charge in [0.2, 0.25) is 0 Å². The minimum absolute atomic E-state index is 0.397. The number of fused-ring (bicyclic) bond motifs is 12. The van der Waals surface area contributed by atoms with Gasteiger partial charge in [-0.25, -0.2) is 0 Å². The lowest BCUT2D eigenvalue weighted by molar-refractivity contribution is 0.00578. The average Bonchev–Trinajstić information content (AvgIpc) is 1.53. The lowest BCUT2D eigenvalue weighted by atomic mass is 9.68. The molecule has 0 unspecified atom stereocenters. The van der Waals surface area contributed by atoms with Crippen LogP contribution >= 0.6 is 54.5 Å². The van der Waals surface area contributed by atoms with Crippen LogP contribution in [0.2, 0.25) is 0 Å². The molecule has 0 saturated carbocycles. The van der Waals surface area contributed by atoms with E-state index in [9.17, 15) is 0 Å². The normalized spacial score (nSPS) is 14.4. The quantitative estimate of drug-likeness (QED) is 0.101. The van der Waals surface area contributed by atoms with Gasteiger partial charge in [0, 0.05) is 45.4 Å². The number of halogens is 3.